The molecule has 1 N–H and O–H groups in total. The molecule has 2 aromatic rings. The third-order valence-corrected chi connectivity index (χ3v) is 5.55. The van der Waals surface area contributed by atoms with Crippen molar-refractivity contribution in [2.24, 2.45) is 0 Å². The third kappa shape index (κ3) is 8.60. The Balaban J connectivity index is 1.62. The highest BCUT2D eigenvalue weighted by molar-refractivity contribution is 5.69. The SMILES string of the molecule is C=C(C)c1cccc(C(C)(C)NC(=O)OCCCCCC[n+]2ccn(CCCC)c2)c1. The first-order valence-electron chi connectivity index (χ1n) is 11.6. The minimum absolute atomic E-state index is 0.366. The maximum Gasteiger partial charge on any atom is 0.407 e. The number of imidazole rings is 1. The van der Waals surface area contributed by atoms with Crippen molar-refractivity contribution in [3.8, 4) is 0 Å². The number of alkyl carbamates (subject to hydrolysis) is 1. The fraction of sp³-hybridized carbons (Fsp3) is 0.538. The van der Waals surface area contributed by atoms with Crippen molar-refractivity contribution in [3.63, 3.8) is 0 Å². The van der Waals surface area contributed by atoms with Crippen LogP contribution in [0.3, 0.4) is 0 Å². The van der Waals surface area contributed by atoms with Gasteiger partial charge in [0, 0.05) is 0 Å². The summed E-state index contributed by atoms with van der Waals surface area (Å²) in [6.45, 7) is 14.8. The van der Waals surface area contributed by atoms with E-state index in [1.807, 2.05) is 39.0 Å². The summed E-state index contributed by atoms with van der Waals surface area (Å²) in [7, 11) is 0. The number of amides is 1. The molecule has 1 aromatic carbocycles. The highest BCUT2D eigenvalue weighted by Crippen LogP contribution is 2.23. The Labute approximate surface area is 188 Å². The number of allylic oxidation sites excluding steroid dienone is 1. The van der Waals surface area contributed by atoms with Gasteiger partial charge in [0.2, 0.25) is 6.33 Å². The molecule has 0 fully saturated rings. The van der Waals surface area contributed by atoms with Gasteiger partial charge >= 0.3 is 6.09 Å². The van der Waals surface area contributed by atoms with Crippen LogP contribution in [0.4, 0.5) is 4.79 Å². The van der Waals surface area contributed by atoms with Gasteiger partial charge in [0.1, 0.15) is 12.4 Å². The van der Waals surface area contributed by atoms with E-state index in [0.717, 1.165) is 55.5 Å². The van der Waals surface area contributed by atoms with E-state index in [4.69, 9.17) is 4.74 Å². The number of hydrogen-bond donors (Lipinski definition) is 1. The van der Waals surface area contributed by atoms with Crippen LogP contribution in [-0.4, -0.2) is 17.3 Å². The standard InChI is InChI=1S/C26H39N3O2/c1-6-7-15-28-17-18-29(21-28)16-10-8-9-11-19-31-25(30)27-26(4,5)24-14-12-13-23(20-24)22(2)3/h12-14,17-18,20-21H,2,6-11,15-16,19H2,1,3-5H3/p+1. The largest absolute Gasteiger partial charge is 0.450 e. The number of aromatic nitrogens is 2. The van der Waals surface area contributed by atoms with Crippen LogP contribution < -0.4 is 9.88 Å². The number of unbranched alkanes of at least 4 members (excludes halogenated alkanes) is 4. The van der Waals surface area contributed by atoms with Gasteiger partial charge in [-0.05, 0) is 70.1 Å². The zero-order valence-electron chi connectivity index (χ0n) is 19.8. The minimum Gasteiger partial charge on any atom is -0.450 e. The number of aryl methyl sites for hydroxylation is 2. The molecule has 5 nitrogen and oxygen atoms in total. The summed E-state index contributed by atoms with van der Waals surface area (Å²) in [4.78, 5) is 12.2. The van der Waals surface area contributed by atoms with E-state index in [1.165, 1.54) is 12.8 Å². The number of nitrogens with zero attached hydrogens (tertiary/aromatic N) is 2. The smallest absolute Gasteiger partial charge is 0.407 e. The predicted octanol–water partition coefficient (Wildman–Crippen LogP) is 5.83. The van der Waals surface area contributed by atoms with E-state index >= 15 is 0 Å². The minimum atomic E-state index is -0.507. The van der Waals surface area contributed by atoms with E-state index in [1.54, 1.807) is 0 Å². The van der Waals surface area contributed by atoms with Gasteiger partial charge in [0.15, 0.2) is 0 Å². The summed E-state index contributed by atoms with van der Waals surface area (Å²) in [5.41, 5.74) is 2.61. The molecular formula is C26H40N3O2+. The van der Waals surface area contributed by atoms with Gasteiger partial charge in [0.25, 0.3) is 0 Å². The molecular weight excluding hydrogens is 386 g/mol. The van der Waals surface area contributed by atoms with Gasteiger partial charge < -0.3 is 10.1 Å². The van der Waals surface area contributed by atoms with Gasteiger partial charge in [0.05, 0.1) is 25.2 Å². The molecule has 0 radical (unpaired) electrons. The van der Waals surface area contributed by atoms with E-state index in [2.05, 4.69) is 52.7 Å². The monoisotopic (exact) mass is 426 g/mol. The third-order valence-electron chi connectivity index (χ3n) is 5.55. The zero-order chi connectivity index (χ0) is 22.7. The van der Waals surface area contributed by atoms with Crippen LogP contribution in [0.15, 0.2) is 49.6 Å². The maximum absolute atomic E-state index is 12.2. The zero-order valence-corrected chi connectivity index (χ0v) is 19.8. The number of benzene rings is 1. The average Bonchev–Trinajstić information content (AvgIpc) is 3.19. The first kappa shape index (κ1) is 24.7. The molecule has 0 aliphatic rings. The van der Waals surface area contributed by atoms with Gasteiger partial charge in [-0.25, -0.2) is 13.9 Å². The van der Waals surface area contributed by atoms with Crippen molar-refractivity contribution in [2.45, 2.75) is 84.8 Å². The molecule has 0 bridgehead atoms. The van der Waals surface area contributed by atoms with Gasteiger partial charge in [-0.15, -0.1) is 0 Å². The van der Waals surface area contributed by atoms with Crippen LogP contribution in [-0.2, 0) is 23.4 Å². The van der Waals surface area contributed by atoms with Crippen molar-refractivity contribution < 1.29 is 14.1 Å². The summed E-state index contributed by atoms with van der Waals surface area (Å²) in [5, 5.41) is 2.98. The van der Waals surface area contributed by atoms with E-state index in [0.29, 0.717) is 6.61 Å². The number of hydrogen-bond acceptors (Lipinski definition) is 2. The lowest BCUT2D eigenvalue weighted by atomic mass is 9.92. The molecule has 31 heavy (non-hydrogen) atoms. The lowest BCUT2D eigenvalue weighted by Gasteiger charge is -2.27. The molecule has 2 rings (SSSR count). The molecule has 0 aliphatic heterocycles. The highest BCUT2D eigenvalue weighted by Gasteiger charge is 2.23. The van der Waals surface area contributed by atoms with Crippen molar-refractivity contribution >= 4 is 11.7 Å². The molecule has 1 aromatic heterocycles. The molecule has 170 valence electrons. The molecule has 0 spiro atoms. The Hall–Kier alpha value is -2.56. The molecule has 0 saturated heterocycles. The van der Waals surface area contributed by atoms with Gasteiger partial charge in [-0.1, -0.05) is 43.7 Å². The van der Waals surface area contributed by atoms with Crippen LogP contribution in [0.1, 0.15) is 77.3 Å². The summed E-state index contributed by atoms with van der Waals surface area (Å²) >= 11 is 0. The normalized spacial score (nSPS) is 11.4. The van der Waals surface area contributed by atoms with Crippen LogP contribution in [0.5, 0.6) is 0 Å². The van der Waals surface area contributed by atoms with Crippen LogP contribution in [0.2, 0.25) is 0 Å². The van der Waals surface area contributed by atoms with Crippen molar-refractivity contribution in [3.05, 3.63) is 60.7 Å². The topological polar surface area (TPSA) is 47.1 Å². The average molecular weight is 427 g/mol. The Morgan fingerprint density at radius 3 is 2.71 bits per heavy atom. The van der Waals surface area contributed by atoms with E-state index in [-0.39, 0.29) is 6.09 Å². The quantitative estimate of drug-likeness (QED) is 0.323. The van der Waals surface area contributed by atoms with Crippen molar-refractivity contribution in [1.29, 1.82) is 0 Å². The molecule has 1 heterocycles. The van der Waals surface area contributed by atoms with Crippen LogP contribution in [0, 0.1) is 0 Å². The Kier molecular flexibility index (Phi) is 9.83. The molecule has 0 aliphatic carbocycles. The Morgan fingerprint density at radius 1 is 1.19 bits per heavy atom. The fourth-order valence-corrected chi connectivity index (χ4v) is 3.50. The number of ether oxygens (including phenoxy) is 1. The van der Waals surface area contributed by atoms with Crippen molar-refractivity contribution in [2.75, 3.05) is 6.61 Å². The number of rotatable bonds is 13. The van der Waals surface area contributed by atoms with E-state index < -0.39 is 5.54 Å². The van der Waals surface area contributed by atoms with Crippen LogP contribution >= 0.6 is 0 Å². The van der Waals surface area contributed by atoms with Gasteiger partial charge in [-0.3, -0.25) is 0 Å². The van der Waals surface area contributed by atoms with Crippen LogP contribution in [0.25, 0.3) is 5.57 Å². The number of carbonyl (C=O) groups excluding carboxylic acids is 1. The first-order chi connectivity index (χ1) is 14.8. The molecule has 0 atom stereocenters. The second-order valence-corrected chi connectivity index (χ2v) is 8.90. The molecule has 0 saturated carbocycles. The highest BCUT2D eigenvalue weighted by atomic mass is 16.5. The fourth-order valence-electron chi connectivity index (χ4n) is 3.50. The lowest BCUT2D eigenvalue weighted by Crippen LogP contribution is -2.41. The Morgan fingerprint density at radius 2 is 1.97 bits per heavy atom. The predicted molar refractivity (Wildman–Crippen MR) is 127 cm³/mol. The van der Waals surface area contributed by atoms with Gasteiger partial charge in [-0.2, -0.15) is 0 Å². The number of nitrogens with one attached hydrogen (secondary N) is 1. The molecule has 5 heteroatoms. The second-order valence-electron chi connectivity index (χ2n) is 8.90. The molecule has 1 amide bonds. The summed E-state index contributed by atoms with van der Waals surface area (Å²) in [5.74, 6) is 0. The lowest BCUT2D eigenvalue weighted by molar-refractivity contribution is -0.696. The Bertz CT molecular complexity index is 839. The van der Waals surface area contributed by atoms with E-state index in [9.17, 15) is 4.79 Å². The first-order valence-corrected chi connectivity index (χ1v) is 11.6. The summed E-state index contributed by atoms with van der Waals surface area (Å²) in [6, 6.07) is 8.11. The van der Waals surface area contributed by atoms with Crippen molar-refractivity contribution in [1.82, 2.24) is 9.88 Å². The summed E-state index contributed by atoms with van der Waals surface area (Å²) in [6.07, 6.45) is 12.8. The second kappa shape index (κ2) is 12.3. The maximum atomic E-state index is 12.2. The number of carbonyl (C=O) groups is 1. The molecule has 0 unspecified atom stereocenters. The summed E-state index contributed by atoms with van der Waals surface area (Å²) < 4.78 is 9.92.